The van der Waals surface area contributed by atoms with Crippen molar-refractivity contribution in [3.8, 4) is 5.75 Å². The molecule has 3 N–H and O–H groups in total. The third-order valence-electron chi connectivity index (χ3n) is 3.43. The fraction of sp³-hybridized carbons (Fsp3) is 0.615. The van der Waals surface area contributed by atoms with Crippen molar-refractivity contribution in [2.75, 3.05) is 31.2 Å². The van der Waals surface area contributed by atoms with Gasteiger partial charge in [-0.2, -0.15) is 0 Å². The summed E-state index contributed by atoms with van der Waals surface area (Å²) in [6.07, 6.45) is 4.69. The van der Waals surface area contributed by atoms with Crippen molar-refractivity contribution < 1.29 is 9.53 Å². The third kappa shape index (κ3) is 3.09. The lowest BCUT2D eigenvalue weighted by molar-refractivity contribution is -0.132. The fourth-order valence-corrected chi connectivity index (χ4v) is 2.35. The lowest BCUT2D eigenvalue weighted by Gasteiger charge is -2.29. The molecule has 2 rings (SSSR count). The molecule has 1 atom stereocenters. The minimum Gasteiger partial charge on any atom is -0.490 e. The van der Waals surface area contributed by atoms with E-state index in [1.807, 2.05) is 11.8 Å². The van der Waals surface area contributed by atoms with Gasteiger partial charge in [0.05, 0.1) is 7.11 Å². The highest BCUT2D eigenvalue weighted by Gasteiger charge is 2.23. The van der Waals surface area contributed by atoms with E-state index in [1.165, 1.54) is 19.9 Å². The average Bonchev–Trinajstić information content (AvgIpc) is 2.47. The molecule has 0 bridgehead atoms. The number of nitrogens with one attached hydrogen (secondary N) is 1. The minimum absolute atomic E-state index is 0.0731. The van der Waals surface area contributed by atoms with Crippen molar-refractivity contribution in [1.82, 2.24) is 14.9 Å². The zero-order chi connectivity index (χ0) is 14.5. The van der Waals surface area contributed by atoms with Gasteiger partial charge in [0.25, 0.3) is 0 Å². The normalized spacial score (nSPS) is 16.6. The molecule has 2 heterocycles. The molecule has 1 aromatic rings. The van der Waals surface area contributed by atoms with Crippen LogP contribution in [0.4, 0.5) is 11.6 Å². The van der Waals surface area contributed by atoms with Crippen LogP contribution in [0.1, 0.15) is 26.2 Å². The Bertz CT molecular complexity index is 474. The Kier molecular flexibility index (Phi) is 4.60. The number of hydrogen-bond donors (Lipinski definition) is 2. The standard InChI is InChI=1S/C13H21N5O2/c1-9(13(19)18-6-4-3-5-7-18)17-12-10(20-2)11(14)15-8-16-12/h8-9H,3-7H2,1-2H3,(H3,14,15,16,17). The van der Waals surface area contributed by atoms with Crippen LogP contribution in [0.25, 0.3) is 0 Å². The predicted octanol–water partition coefficient (Wildman–Crippen LogP) is 0.880. The smallest absolute Gasteiger partial charge is 0.244 e. The van der Waals surface area contributed by atoms with E-state index in [2.05, 4.69) is 15.3 Å². The summed E-state index contributed by atoms with van der Waals surface area (Å²) in [5, 5.41) is 3.05. The van der Waals surface area contributed by atoms with E-state index < -0.39 is 0 Å². The highest BCUT2D eigenvalue weighted by molar-refractivity contribution is 5.84. The van der Waals surface area contributed by atoms with Gasteiger partial charge in [-0.1, -0.05) is 0 Å². The van der Waals surface area contributed by atoms with E-state index in [-0.39, 0.29) is 17.8 Å². The first-order chi connectivity index (χ1) is 9.63. The highest BCUT2D eigenvalue weighted by atomic mass is 16.5. The predicted molar refractivity (Wildman–Crippen MR) is 76.5 cm³/mol. The zero-order valence-corrected chi connectivity index (χ0v) is 11.9. The van der Waals surface area contributed by atoms with Crippen molar-refractivity contribution >= 4 is 17.5 Å². The van der Waals surface area contributed by atoms with Crippen LogP contribution in [0.5, 0.6) is 5.75 Å². The van der Waals surface area contributed by atoms with Gasteiger partial charge in [0.1, 0.15) is 12.4 Å². The Morgan fingerprint density at radius 3 is 2.75 bits per heavy atom. The number of carbonyl (C=O) groups excluding carboxylic acids is 1. The number of amides is 1. The van der Waals surface area contributed by atoms with E-state index in [1.54, 1.807) is 0 Å². The minimum atomic E-state index is -0.378. The van der Waals surface area contributed by atoms with Crippen LogP contribution in [-0.4, -0.2) is 47.0 Å². The topological polar surface area (TPSA) is 93.4 Å². The highest BCUT2D eigenvalue weighted by Crippen LogP contribution is 2.27. The molecule has 0 aliphatic carbocycles. The van der Waals surface area contributed by atoms with E-state index >= 15 is 0 Å². The average molecular weight is 279 g/mol. The van der Waals surface area contributed by atoms with E-state index in [0.717, 1.165) is 25.9 Å². The Labute approximate surface area is 118 Å². The van der Waals surface area contributed by atoms with Gasteiger partial charge < -0.3 is 20.7 Å². The molecule has 1 aliphatic rings. The first kappa shape index (κ1) is 14.4. The summed E-state index contributed by atoms with van der Waals surface area (Å²) in [4.78, 5) is 22.2. The number of piperidine rings is 1. The number of ether oxygens (including phenoxy) is 1. The van der Waals surface area contributed by atoms with Crippen LogP contribution in [0.3, 0.4) is 0 Å². The quantitative estimate of drug-likeness (QED) is 0.850. The molecule has 20 heavy (non-hydrogen) atoms. The second kappa shape index (κ2) is 6.40. The first-order valence-corrected chi connectivity index (χ1v) is 6.83. The molecule has 0 spiro atoms. The van der Waals surface area contributed by atoms with Crippen LogP contribution in [0.15, 0.2) is 6.33 Å². The number of nitrogen functional groups attached to an aromatic ring is 1. The van der Waals surface area contributed by atoms with Crippen molar-refractivity contribution in [2.45, 2.75) is 32.2 Å². The van der Waals surface area contributed by atoms with Gasteiger partial charge in [0, 0.05) is 13.1 Å². The Balaban J connectivity index is 2.05. The van der Waals surface area contributed by atoms with Crippen molar-refractivity contribution in [1.29, 1.82) is 0 Å². The number of nitrogens with two attached hydrogens (primary N) is 1. The molecule has 1 saturated heterocycles. The van der Waals surface area contributed by atoms with Crippen LogP contribution in [0, 0.1) is 0 Å². The summed E-state index contributed by atoms with van der Waals surface area (Å²) >= 11 is 0. The van der Waals surface area contributed by atoms with Crippen molar-refractivity contribution in [2.24, 2.45) is 0 Å². The summed E-state index contributed by atoms with van der Waals surface area (Å²) in [6, 6.07) is -0.378. The third-order valence-corrected chi connectivity index (χ3v) is 3.43. The van der Waals surface area contributed by atoms with Crippen molar-refractivity contribution in [3.63, 3.8) is 0 Å². The van der Waals surface area contributed by atoms with Gasteiger partial charge in [-0.3, -0.25) is 4.79 Å². The Morgan fingerprint density at radius 2 is 2.10 bits per heavy atom. The molecule has 0 saturated carbocycles. The fourth-order valence-electron chi connectivity index (χ4n) is 2.35. The summed E-state index contributed by atoms with van der Waals surface area (Å²) in [6.45, 7) is 3.47. The number of hydrogen-bond acceptors (Lipinski definition) is 6. The molecule has 1 aromatic heterocycles. The SMILES string of the molecule is COc1c(N)ncnc1NC(C)C(=O)N1CCCCC1. The number of aromatic nitrogens is 2. The molecule has 1 unspecified atom stereocenters. The zero-order valence-electron chi connectivity index (χ0n) is 11.9. The maximum absolute atomic E-state index is 12.3. The summed E-state index contributed by atoms with van der Waals surface area (Å²) in [5.41, 5.74) is 5.72. The van der Waals surface area contributed by atoms with Gasteiger partial charge in [-0.25, -0.2) is 9.97 Å². The number of likely N-dealkylation sites (tertiary alicyclic amines) is 1. The van der Waals surface area contributed by atoms with Gasteiger partial charge in [-0.05, 0) is 26.2 Å². The van der Waals surface area contributed by atoms with Gasteiger partial charge >= 0.3 is 0 Å². The number of anilines is 2. The second-order valence-corrected chi connectivity index (χ2v) is 4.89. The van der Waals surface area contributed by atoms with Crippen LogP contribution in [0.2, 0.25) is 0 Å². The number of nitrogens with zero attached hydrogens (tertiary/aromatic N) is 3. The monoisotopic (exact) mass is 279 g/mol. The summed E-state index contributed by atoms with van der Waals surface area (Å²) in [5.74, 6) is 1.13. The molecule has 7 nitrogen and oxygen atoms in total. The molecule has 0 radical (unpaired) electrons. The molecule has 1 amide bonds. The maximum atomic E-state index is 12.3. The molecule has 110 valence electrons. The Morgan fingerprint density at radius 1 is 1.40 bits per heavy atom. The summed E-state index contributed by atoms with van der Waals surface area (Å²) < 4.78 is 5.16. The maximum Gasteiger partial charge on any atom is 0.244 e. The second-order valence-electron chi connectivity index (χ2n) is 4.89. The molecule has 7 heteroatoms. The van der Waals surface area contributed by atoms with Gasteiger partial charge in [0.15, 0.2) is 11.6 Å². The first-order valence-electron chi connectivity index (χ1n) is 6.83. The number of methoxy groups -OCH3 is 1. The molecule has 0 aromatic carbocycles. The van der Waals surface area contributed by atoms with Crippen LogP contribution >= 0.6 is 0 Å². The summed E-state index contributed by atoms with van der Waals surface area (Å²) in [7, 11) is 1.50. The molecular weight excluding hydrogens is 258 g/mol. The van der Waals surface area contributed by atoms with E-state index in [0.29, 0.717) is 11.6 Å². The Hall–Kier alpha value is -2.05. The number of rotatable bonds is 4. The molecular formula is C13H21N5O2. The number of carbonyl (C=O) groups is 1. The molecule has 1 aliphatic heterocycles. The van der Waals surface area contributed by atoms with Crippen LogP contribution < -0.4 is 15.8 Å². The van der Waals surface area contributed by atoms with Gasteiger partial charge in [-0.15, -0.1) is 0 Å². The lowest BCUT2D eigenvalue weighted by atomic mass is 10.1. The van der Waals surface area contributed by atoms with Crippen molar-refractivity contribution in [3.05, 3.63) is 6.33 Å². The van der Waals surface area contributed by atoms with Crippen LogP contribution in [-0.2, 0) is 4.79 Å². The lowest BCUT2D eigenvalue weighted by Crippen LogP contribution is -2.44. The van der Waals surface area contributed by atoms with E-state index in [9.17, 15) is 4.79 Å². The molecule has 1 fully saturated rings. The van der Waals surface area contributed by atoms with Gasteiger partial charge in [0.2, 0.25) is 11.7 Å². The van der Waals surface area contributed by atoms with E-state index in [4.69, 9.17) is 10.5 Å². The largest absolute Gasteiger partial charge is 0.490 e.